The highest BCUT2D eigenvalue weighted by molar-refractivity contribution is 7.17. The molecule has 3 heterocycles. The first kappa shape index (κ1) is 28.5. The predicted molar refractivity (Wildman–Crippen MR) is 162 cm³/mol. The molecule has 1 saturated heterocycles. The largest absolute Gasteiger partial charge is 0.493 e. The highest BCUT2D eigenvalue weighted by Crippen LogP contribution is 2.27. The van der Waals surface area contributed by atoms with E-state index in [1.807, 2.05) is 98.4 Å². The first-order valence-corrected chi connectivity index (χ1v) is 14.8. The molecule has 216 valence electrons. The van der Waals surface area contributed by atoms with Crippen molar-refractivity contribution in [2.75, 3.05) is 25.0 Å². The third-order valence-corrected chi connectivity index (χ3v) is 7.99. The fraction of sp³-hybridized carbons (Fsp3) is 0.375. The van der Waals surface area contributed by atoms with Crippen molar-refractivity contribution in [1.82, 2.24) is 9.47 Å². The monoisotopic (exact) mass is 575 g/mol. The number of nitrogens with one attached hydrogen (secondary N) is 1. The van der Waals surface area contributed by atoms with E-state index < -0.39 is 5.60 Å². The molecule has 1 N–H and O–H groups in total. The van der Waals surface area contributed by atoms with Crippen LogP contribution in [-0.4, -0.2) is 46.8 Å². The highest BCUT2D eigenvalue weighted by atomic mass is 32.1. The van der Waals surface area contributed by atoms with Gasteiger partial charge in [0.1, 0.15) is 29.4 Å². The molecule has 9 heteroatoms. The van der Waals surface area contributed by atoms with Gasteiger partial charge in [-0.2, -0.15) is 0 Å². The summed E-state index contributed by atoms with van der Waals surface area (Å²) in [7, 11) is 1.90. The summed E-state index contributed by atoms with van der Waals surface area (Å²) in [6.45, 7) is 7.94. The number of benzene rings is 2. The summed E-state index contributed by atoms with van der Waals surface area (Å²) in [6.07, 6.45) is 1.53. The van der Waals surface area contributed by atoms with E-state index in [9.17, 15) is 9.59 Å². The maximum absolute atomic E-state index is 13.0. The standard InChI is InChI=1S/C32H37N3O5S/c1-32(2,3)40-31(37)35-16-13-22(14-17-35)20-38-24-9-11-25(12-10-24)39-21-23-7-5-6-8-26(23)33-30(36)28-19-29-27(34(28)4)15-18-41-29/h5-12,15,18-19,22H,13-14,16-17,20-21H2,1-4H3,(H,33,36). The molecule has 0 radical (unpaired) electrons. The van der Waals surface area contributed by atoms with Crippen LogP contribution >= 0.6 is 11.3 Å². The average Bonchev–Trinajstić information content (AvgIpc) is 3.54. The van der Waals surface area contributed by atoms with Crippen LogP contribution in [0.25, 0.3) is 10.2 Å². The topological polar surface area (TPSA) is 82.0 Å². The maximum atomic E-state index is 13.0. The number of ether oxygens (including phenoxy) is 3. The van der Waals surface area contributed by atoms with E-state index in [4.69, 9.17) is 14.2 Å². The Morgan fingerprint density at radius 3 is 2.34 bits per heavy atom. The van der Waals surface area contributed by atoms with Crippen LogP contribution in [0.1, 0.15) is 49.7 Å². The number of aromatic nitrogens is 1. The van der Waals surface area contributed by atoms with Gasteiger partial charge in [-0.15, -0.1) is 11.3 Å². The summed E-state index contributed by atoms with van der Waals surface area (Å²) in [4.78, 5) is 27.1. The second-order valence-corrected chi connectivity index (χ2v) is 12.3. The minimum absolute atomic E-state index is 0.152. The Kier molecular flexibility index (Phi) is 8.54. The Morgan fingerprint density at radius 2 is 1.66 bits per heavy atom. The van der Waals surface area contributed by atoms with Crippen LogP contribution in [0.15, 0.2) is 66.0 Å². The number of piperidine rings is 1. The molecule has 2 amide bonds. The number of carbonyl (C=O) groups excluding carboxylic acids is 2. The molecule has 0 spiro atoms. The van der Waals surface area contributed by atoms with Gasteiger partial charge < -0.3 is 29.0 Å². The van der Waals surface area contributed by atoms with E-state index in [0.717, 1.165) is 40.1 Å². The van der Waals surface area contributed by atoms with Crippen LogP contribution in [0.2, 0.25) is 0 Å². The summed E-state index contributed by atoms with van der Waals surface area (Å²) >= 11 is 1.62. The van der Waals surface area contributed by atoms with Crippen molar-refractivity contribution in [1.29, 1.82) is 0 Å². The first-order chi connectivity index (χ1) is 19.7. The quantitative estimate of drug-likeness (QED) is 0.242. The van der Waals surface area contributed by atoms with Crippen molar-refractivity contribution in [3.05, 3.63) is 77.3 Å². The third kappa shape index (κ3) is 7.21. The Labute approximate surface area is 244 Å². The Bertz CT molecular complexity index is 1490. The van der Waals surface area contributed by atoms with Gasteiger partial charge in [-0.1, -0.05) is 18.2 Å². The molecule has 0 aliphatic carbocycles. The minimum Gasteiger partial charge on any atom is -0.493 e. The van der Waals surface area contributed by atoms with Gasteiger partial charge in [0.05, 0.1) is 16.8 Å². The van der Waals surface area contributed by atoms with Gasteiger partial charge in [0.25, 0.3) is 5.91 Å². The maximum Gasteiger partial charge on any atom is 0.410 e. The normalized spacial score (nSPS) is 14.2. The molecule has 2 aromatic carbocycles. The van der Waals surface area contributed by atoms with Crippen molar-refractivity contribution < 1.29 is 23.8 Å². The van der Waals surface area contributed by atoms with Crippen LogP contribution in [0.5, 0.6) is 11.5 Å². The lowest BCUT2D eigenvalue weighted by molar-refractivity contribution is 0.0165. The highest BCUT2D eigenvalue weighted by Gasteiger charge is 2.27. The average molecular weight is 576 g/mol. The predicted octanol–water partition coefficient (Wildman–Crippen LogP) is 7.10. The lowest BCUT2D eigenvalue weighted by Crippen LogP contribution is -2.42. The molecule has 2 aromatic heterocycles. The second-order valence-electron chi connectivity index (χ2n) is 11.4. The molecular formula is C32H37N3O5S. The van der Waals surface area contributed by atoms with Crippen LogP contribution in [0.3, 0.4) is 0 Å². The zero-order valence-corrected chi connectivity index (χ0v) is 24.8. The molecule has 0 unspecified atom stereocenters. The lowest BCUT2D eigenvalue weighted by Gasteiger charge is -2.33. The molecule has 0 saturated carbocycles. The molecule has 1 aliphatic heterocycles. The van der Waals surface area contributed by atoms with Crippen molar-refractivity contribution in [2.45, 2.75) is 45.8 Å². The number of amides is 2. The molecule has 5 rings (SSSR count). The molecule has 0 bridgehead atoms. The summed E-state index contributed by atoms with van der Waals surface area (Å²) in [5, 5.41) is 5.07. The van der Waals surface area contributed by atoms with Crippen molar-refractivity contribution in [2.24, 2.45) is 13.0 Å². The number of anilines is 1. The van der Waals surface area contributed by atoms with Gasteiger partial charge in [-0.25, -0.2) is 4.79 Å². The van der Waals surface area contributed by atoms with E-state index in [0.29, 0.717) is 43.7 Å². The third-order valence-electron chi connectivity index (χ3n) is 7.13. The number of hydrogen-bond donors (Lipinski definition) is 1. The zero-order chi connectivity index (χ0) is 29.0. The minimum atomic E-state index is -0.480. The molecular weight excluding hydrogens is 538 g/mol. The van der Waals surface area contributed by atoms with Gasteiger partial charge in [0, 0.05) is 31.4 Å². The van der Waals surface area contributed by atoms with Crippen LogP contribution in [0.4, 0.5) is 10.5 Å². The summed E-state index contributed by atoms with van der Waals surface area (Å²) in [5.74, 6) is 1.73. The number of aryl methyl sites for hydroxylation is 1. The van der Waals surface area contributed by atoms with Crippen molar-refractivity contribution in [3.8, 4) is 11.5 Å². The Balaban J connectivity index is 1.09. The molecule has 0 atom stereocenters. The summed E-state index contributed by atoms with van der Waals surface area (Å²) < 4.78 is 20.5. The van der Waals surface area contributed by atoms with E-state index in [-0.39, 0.29) is 12.0 Å². The molecule has 1 fully saturated rings. The lowest BCUT2D eigenvalue weighted by atomic mass is 9.98. The second kappa shape index (κ2) is 12.3. The number of fused-ring (bicyclic) bond motifs is 1. The van der Waals surface area contributed by atoms with E-state index in [2.05, 4.69) is 5.32 Å². The number of rotatable bonds is 8. The number of carbonyl (C=O) groups is 2. The van der Waals surface area contributed by atoms with E-state index in [1.165, 1.54) is 0 Å². The van der Waals surface area contributed by atoms with Crippen LogP contribution in [-0.2, 0) is 18.4 Å². The fourth-order valence-electron chi connectivity index (χ4n) is 4.84. The van der Waals surface area contributed by atoms with Crippen LogP contribution in [0, 0.1) is 5.92 Å². The summed E-state index contributed by atoms with van der Waals surface area (Å²) in [5.41, 5.74) is 2.79. The number of hydrogen-bond acceptors (Lipinski definition) is 6. The fourth-order valence-corrected chi connectivity index (χ4v) is 5.69. The van der Waals surface area contributed by atoms with Crippen molar-refractivity contribution in [3.63, 3.8) is 0 Å². The van der Waals surface area contributed by atoms with Gasteiger partial charge in [0.2, 0.25) is 0 Å². The Hall–Kier alpha value is -3.98. The Morgan fingerprint density at radius 1 is 0.976 bits per heavy atom. The first-order valence-electron chi connectivity index (χ1n) is 13.9. The molecule has 41 heavy (non-hydrogen) atoms. The number of nitrogens with zero attached hydrogens (tertiary/aromatic N) is 2. The van der Waals surface area contributed by atoms with Crippen molar-refractivity contribution >= 4 is 39.2 Å². The molecule has 8 nitrogen and oxygen atoms in total. The van der Waals surface area contributed by atoms with Gasteiger partial charge in [-0.05, 0) is 87.4 Å². The van der Waals surface area contributed by atoms with Gasteiger partial charge in [-0.3, -0.25) is 4.79 Å². The number of para-hydroxylation sites is 1. The smallest absolute Gasteiger partial charge is 0.410 e. The SMILES string of the molecule is Cn1c(C(=O)Nc2ccccc2COc2ccc(OCC3CCN(C(=O)OC(C)(C)C)CC3)cc2)cc2sccc21. The number of likely N-dealkylation sites (tertiary alicyclic amines) is 1. The van der Waals surface area contributed by atoms with Crippen LogP contribution < -0.4 is 14.8 Å². The summed E-state index contributed by atoms with van der Waals surface area (Å²) in [6, 6.07) is 19.2. The van der Waals surface area contributed by atoms with Gasteiger partial charge >= 0.3 is 6.09 Å². The number of thiophene rings is 1. The molecule has 4 aromatic rings. The molecule has 1 aliphatic rings. The van der Waals surface area contributed by atoms with Gasteiger partial charge in [0.15, 0.2) is 0 Å². The zero-order valence-electron chi connectivity index (χ0n) is 24.0. The van der Waals surface area contributed by atoms with E-state index in [1.54, 1.807) is 16.2 Å². The van der Waals surface area contributed by atoms with E-state index >= 15 is 0 Å².